The van der Waals surface area contributed by atoms with E-state index < -0.39 is 12.0 Å². The monoisotopic (exact) mass is 500 g/mol. The molecule has 36 heavy (non-hydrogen) atoms. The molecule has 0 spiro atoms. The molecule has 184 valence electrons. The van der Waals surface area contributed by atoms with Crippen LogP contribution < -0.4 is 15.4 Å². The zero-order valence-corrected chi connectivity index (χ0v) is 21.0. The van der Waals surface area contributed by atoms with Crippen LogP contribution in [-0.4, -0.2) is 25.6 Å². The van der Waals surface area contributed by atoms with Gasteiger partial charge in [0.25, 0.3) is 0 Å². The van der Waals surface area contributed by atoms with Gasteiger partial charge < -0.3 is 14.8 Å². The van der Waals surface area contributed by atoms with Gasteiger partial charge in [0.15, 0.2) is 0 Å². The summed E-state index contributed by atoms with van der Waals surface area (Å²) in [5, 5.41) is 8.68. The molecule has 0 saturated carbocycles. The average molecular weight is 501 g/mol. The minimum atomic E-state index is -0.634. The summed E-state index contributed by atoms with van der Waals surface area (Å²) >= 11 is 1.31. The first-order valence-corrected chi connectivity index (χ1v) is 12.5. The molecule has 0 fully saturated rings. The number of ether oxygens (including phenoxy) is 2. The van der Waals surface area contributed by atoms with Gasteiger partial charge in [-0.3, -0.25) is 10.1 Å². The lowest BCUT2D eigenvalue weighted by molar-refractivity contribution is -0.118. The third-order valence-corrected chi connectivity index (χ3v) is 6.55. The molecule has 7 heteroatoms. The largest absolute Gasteiger partial charge is 0.497 e. The molecule has 0 bridgehead atoms. The number of nitrogens with one attached hydrogen (secondary N) is 2. The summed E-state index contributed by atoms with van der Waals surface area (Å²) in [5.74, 6) is 0.0478. The minimum absolute atomic E-state index is 0.242. The summed E-state index contributed by atoms with van der Waals surface area (Å²) in [6.07, 6.45) is 0. The number of methoxy groups -OCH3 is 1. The smallest absolute Gasteiger partial charge is 0.341 e. The van der Waals surface area contributed by atoms with E-state index in [9.17, 15) is 9.59 Å². The summed E-state index contributed by atoms with van der Waals surface area (Å²) in [4.78, 5) is 26.5. The summed E-state index contributed by atoms with van der Waals surface area (Å²) in [6, 6.07) is 26.2. The molecule has 0 saturated heterocycles. The van der Waals surface area contributed by atoms with Crippen LogP contribution in [0.1, 0.15) is 34.5 Å². The number of amides is 1. The van der Waals surface area contributed by atoms with Gasteiger partial charge in [-0.05, 0) is 35.7 Å². The van der Waals surface area contributed by atoms with Gasteiger partial charge >= 0.3 is 5.97 Å². The first-order valence-electron chi connectivity index (χ1n) is 11.7. The lowest BCUT2D eigenvalue weighted by Gasteiger charge is -2.19. The summed E-state index contributed by atoms with van der Waals surface area (Å²) in [7, 11) is 1.63. The lowest BCUT2D eigenvalue weighted by atomic mass is 10.0. The molecule has 0 aliphatic rings. The highest BCUT2D eigenvalue weighted by Gasteiger charge is 2.26. The first kappa shape index (κ1) is 25.2. The van der Waals surface area contributed by atoms with Crippen LogP contribution in [-0.2, 0) is 16.1 Å². The van der Waals surface area contributed by atoms with Crippen molar-refractivity contribution >= 4 is 28.2 Å². The van der Waals surface area contributed by atoms with E-state index in [1.807, 2.05) is 90.3 Å². The summed E-state index contributed by atoms with van der Waals surface area (Å²) < 4.78 is 10.6. The maximum Gasteiger partial charge on any atom is 0.341 e. The predicted molar refractivity (Wildman–Crippen MR) is 143 cm³/mol. The van der Waals surface area contributed by atoms with Crippen LogP contribution in [0.4, 0.5) is 5.00 Å². The molecule has 2 N–H and O–H groups in total. The van der Waals surface area contributed by atoms with Gasteiger partial charge in [-0.25, -0.2) is 4.79 Å². The van der Waals surface area contributed by atoms with Crippen molar-refractivity contribution in [3.8, 4) is 16.9 Å². The number of anilines is 1. The number of hydrogen-bond donors (Lipinski definition) is 2. The minimum Gasteiger partial charge on any atom is -0.497 e. The Morgan fingerprint density at radius 1 is 0.917 bits per heavy atom. The van der Waals surface area contributed by atoms with Gasteiger partial charge in [-0.2, -0.15) is 0 Å². The molecule has 4 rings (SSSR count). The first-order chi connectivity index (χ1) is 17.6. The number of benzene rings is 3. The van der Waals surface area contributed by atoms with Crippen molar-refractivity contribution in [2.24, 2.45) is 0 Å². The molecule has 1 aromatic heterocycles. The lowest BCUT2D eigenvalue weighted by Crippen LogP contribution is -2.33. The number of rotatable bonds is 10. The van der Waals surface area contributed by atoms with Gasteiger partial charge in [0.2, 0.25) is 5.91 Å². The van der Waals surface area contributed by atoms with Gasteiger partial charge in [0.1, 0.15) is 22.4 Å². The van der Waals surface area contributed by atoms with Crippen LogP contribution in [0.2, 0.25) is 0 Å². The van der Waals surface area contributed by atoms with E-state index in [-0.39, 0.29) is 12.5 Å². The molecule has 0 radical (unpaired) electrons. The fourth-order valence-electron chi connectivity index (χ4n) is 3.84. The Bertz CT molecular complexity index is 1290. The van der Waals surface area contributed by atoms with Crippen molar-refractivity contribution in [2.75, 3.05) is 19.0 Å². The van der Waals surface area contributed by atoms with Crippen LogP contribution in [0.15, 0.2) is 90.3 Å². The van der Waals surface area contributed by atoms with Crippen LogP contribution in [0.5, 0.6) is 5.75 Å². The SMILES string of the molecule is CCOC(=O)c1c(-c2ccccc2)csc1NC(=O)[C@H](NCc1ccc(OC)cc1)c1ccccc1. The van der Waals surface area contributed by atoms with Gasteiger partial charge in [-0.15, -0.1) is 11.3 Å². The molecule has 0 aliphatic heterocycles. The average Bonchev–Trinajstić information content (AvgIpc) is 3.34. The van der Waals surface area contributed by atoms with Crippen molar-refractivity contribution in [3.05, 3.63) is 107 Å². The quantitative estimate of drug-likeness (QED) is 0.259. The Kier molecular flexibility index (Phi) is 8.49. The molecule has 0 aliphatic carbocycles. The normalized spacial score (nSPS) is 11.5. The van der Waals surface area contributed by atoms with Crippen molar-refractivity contribution in [1.29, 1.82) is 0 Å². The maximum absolute atomic E-state index is 13.6. The Labute approximate surface area is 214 Å². The number of thiophene rings is 1. The predicted octanol–water partition coefficient (Wildman–Crippen LogP) is 6.07. The van der Waals surface area contributed by atoms with Gasteiger partial charge in [0, 0.05) is 17.5 Å². The Morgan fingerprint density at radius 2 is 1.58 bits per heavy atom. The second kappa shape index (κ2) is 12.2. The fourth-order valence-corrected chi connectivity index (χ4v) is 4.80. The van der Waals surface area contributed by atoms with Crippen LogP contribution in [0.25, 0.3) is 11.1 Å². The van der Waals surface area contributed by atoms with E-state index >= 15 is 0 Å². The van der Waals surface area contributed by atoms with E-state index in [4.69, 9.17) is 9.47 Å². The summed E-state index contributed by atoms with van der Waals surface area (Å²) in [6.45, 7) is 2.48. The molecule has 4 aromatic rings. The molecule has 1 amide bonds. The van der Waals surface area contributed by atoms with E-state index in [0.29, 0.717) is 17.1 Å². The molecular weight excluding hydrogens is 472 g/mol. The van der Waals surface area contributed by atoms with Crippen LogP contribution in [0.3, 0.4) is 0 Å². The standard InChI is InChI=1S/C29H28N2O4S/c1-3-35-29(33)25-24(21-10-6-4-7-11-21)19-36-28(25)31-27(32)26(22-12-8-5-9-13-22)30-18-20-14-16-23(34-2)17-15-20/h4-17,19,26,30H,3,18H2,1-2H3,(H,31,32)/t26-/m1/s1. The third-order valence-electron chi connectivity index (χ3n) is 5.66. The molecule has 1 atom stereocenters. The highest BCUT2D eigenvalue weighted by Crippen LogP contribution is 2.36. The highest BCUT2D eigenvalue weighted by atomic mass is 32.1. The molecule has 1 heterocycles. The molecule has 0 unspecified atom stereocenters. The second-order valence-electron chi connectivity index (χ2n) is 8.00. The Morgan fingerprint density at radius 3 is 2.22 bits per heavy atom. The second-order valence-corrected chi connectivity index (χ2v) is 8.88. The Hall–Kier alpha value is -3.94. The fraction of sp³-hybridized carbons (Fsp3) is 0.172. The number of esters is 1. The third kappa shape index (κ3) is 6.00. The van der Waals surface area contributed by atoms with E-state index in [2.05, 4.69) is 10.6 Å². The van der Waals surface area contributed by atoms with Crippen molar-refractivity contribution in [2.45, 2.75) is 19.5 Å². The van der Waals surface area contributed by atoms with Crippen molar-refractivity contribution in [1.82, 2.24) is 5.32 Å². The van der Waals surface area contributed by atoms with E-state index in [0.717, 1.165) is 28.0 Å². The topological polar surface area (TPSA) is 76.7 Å². The van der Waals surface area contributed by atoms with E-state index in [1.54, 1.807) is 14.0 Å². The van der Waals surface area contributed by atoms with E-state index in [1.165, 1.54) is 11.3 Å². The number of carbonyl (C=O) groups excluding carboxylic acids is 2. The highest BCUT2D eigenvalue weighted by molar-refractivity contribution is 7.15. The number of carbonyl (C=O) groups is 2. The Balaban J connectivity index is 1.61. The van der Waals surface area contributed by atoms with Gasteiger partial charge in [0.05, 0.1) is 13.7 Å². The summed E-state index contributed by atoms with van der Waals surface area (Å²) in [5.41, 5.74) is 3.81. The van der Waals surface area contributed by atoms with Gasteiger partial charge in [-0.1, -0.05) is 72.8 Å². The van der Waals surface area contributed by atoms with Crippen LogP contribution in [0, 0.1) is 0 Å². The molecular formula is C29H28N2O4S. The zero-order chi connectivity index (χ0) is 25.3. The van der Waals surface area contributed by atoms with Crippen molar-refractivity contribution < 1.29 is 19.1 Å². The van der Waals surface area contributed by atoms with Crippen molar-refractivity contribution in [3.63, 3.8) is 0 Å². The maximum atomic E-state index is 13.6. The zero-order valence-electron chi connectivity index (χ0n) is 20.2. The molecule has 3 aromatic carbocycles. The molecule has 6 nitrogen and oxygen atoms in total. The number of hydrogen-bond acceptors (Lipinski definition) is 6. The van der Waals surface area contributed by atoms with Crippen LogP contribution >= 0.6 is 11.3 Å².